The Morgan fingerprint density at radius 2 is 2.16 bits per heavy atom. The fraction of sp³-hybridized carbons (Fsp3) is 0.389. The summed E-state index contributed by atoms with van der Waals surface area (Å²) in [6.07, 6.45) is 2.14. The summed E-state index contributed by atoms with van der Waals surface area (Å²) in [4.78, 5) is 14.4. The molecule has 1 aliphatic heterocycles. The van der Waals surface area contributed by atoms with Crippen molar-refractivity contribution in [1.82, 2.24) is 19.7 Å². The second kappa shape index (κ2) is 6.68. The van der Waals surface area contributed by atoms with Gasteiger partial charge in [0.15, 0.2) is 6.10 Å². The monoisotopic (exact) mass is 340 g/mol. The molecule has 2 aromatic heterocycles. The maximum absolute atomic E-state index is 12.6. The Balaban J connectivity index is 1.39. The maximum Gasteiger partial charge on any atom is 0.246 e. The van der Waals surface area contributed by atoms with E-state index in [0.717, 1.165) is 5.52 Å². The van der Waals surface area contributed by atoms with Gasteiger partial charge in [-0.05, 0) is 17.5 Å². The standard InChI is InChI=1S/C18H20N4O3/c1-13-19-20-18(25-13)16-12-22(10-11-24-16)17(23)7-9-21-8-6-14-4-2-3-5-15(14)21/h2-6,8,16H,7,9-12H2,1H3/t16-/m1/s1. The SMILES string of the molecule is Cc1nnc([C@H]2CN(C(=O)CCn3ccc4ccccc43)CCO2)o1. The Kier molecular flexibility index (Phi) is 4.23. The molecule has 0 unspecified atom stereocenters. The van der Waals surface area contributed by atoms with Crippen LogP contribution in [0.1, 0.15) is 24.3 Å². The van der Waals surface area contributed by atoms with Crippen LogP contribution in [0.4, 0.5) is 0 Å². The molecule has 7 nitrogen and oxygen atoms in total. The number of rotatable bonds is 4. The van der Waals surface area contributed by atoms with Crippen molar-refractivity contribution in [3.05, 3.63) is 48.3 Å². The van der Waals surface area contributed by atoms with Crippen LogP contribution in [-0.4, -0.2) is 45.3 Å². The number of carbonyl (C=O) groups excluding carboxylic acids is 1. The van der Waals surface area contributed by atoms with Crippen LogP contribution in [0.25, 0.3) is 10.9 Å². The molecule has 3 heterocycles. The molecule has 1 aromatic carbocycles. The zero-order chi connectivity index (χ0) is 17.2. The molecule has 4 rings (SSSR count). The molecule has 1 aliphatic rings. The number of amides is 1. The van der Waals surface area contributed by atoms with Crippen molar-refractivity contribution in [2.45, 2.75) is 26.0 Å². The number of aromatic nitrogens is 3. The average molecular weight is 340 g/mol. The van der Waals surface area contributed by atoms with Crippen LogP contribution in [0.3, 0.4) is 0 Å². The maximum atomic E-state index is 12.6. The number of hydrogen-bond donors (Lipinski definition) is 0. The minimum absolute atomic E-state index is 0.113. The summed E-state index contributed by atoms with van der Waals surface area (Å²) >= 11 is 0. The van der Waals surface area contributed by atoms with Crippen molar-refractivity contribution in [3.63, 3.8) is 0 Å². The van der Waals surface area contributed by atoms with Crippen molar-refractivity contribution in [1.29, 1.82) is 0 Å². The molecule has 0 aliphatic carbocycles. The first-order valence-corrected chi connectivity index (χ1v) is 8.44. The lowest BCUT2D eigenvalue weighted by atomic mass is 10.2. The molecule has 3 aromatic rings. The average Bonchev–Trinajstić information content (AvgIpc) is 3.26. The van der Waals surface area contributed by atoms with E-state index >= 15 is 0 Å². The van der Waals surface area contributed by atoms with Crippen molar-refractivity contribution >= 4 is 16.8 Å². The lowest BCUT2D eigenvalue weighted by Gasteiger charge is -2.31. The summed E-state index contributed by atoms with van der Waals surface area (Å²) in [7, 11) is 0. The van der Waals surface area contributed by atoms with Crippen molar-refractivity contribution < 1.29 is 13.9 Å². The minimum atomic E-state index is -0.341. The van der Waals surface area contributed by atoms with Gasteiger partial charge in [-0.2, -0.15) is 0 Å². The summed E-state index contributed by atoms with van der Waals surface area (Å²) in [5.74, 6) is 1.05. The van der Waals surface area contributed by atoms with Crippen LogP contribution in [0.5, 0.6) is 0 Å². The van der Waals surface area contributed by atoms with Gasteiger partial charge in [0.25, 0.3) is 0 Å². The number of fused-ring (bicyclic) bond motifs is 1. The van der Waals surface area contributed by atoms with Gasteiger partial charge < -0.3 is 18.6 Å². The molecule has 1 atom stereocenters. The van der Waals surface area contributed by atoms with Gasteiger partial charge in [0, 0.05) is 38.1 Å². The van der Waals surface area contributed by atoms with E-state index in [2.05, 4.69) is 33.0 Å². The van der Waals surface area contributed by atoms with Crippen molar-refractivity contribution in [2.75, 3.05) is 19.7 Å². The van der Waals surface area contributed by atoms with E-state index in [1.54, 1.807) is 6.92 Å². The highest BCUT2D eigenvalue weighted by Crippen LogP contribution is 2.22. The summed E-state index contributed by atoms with van der Waals surface area (Å²) in [5, 5.41) is 9.02. The zero-order valence-corrected chi connectivity index (χ0v) is 14.1. The van der Waals surface area contributed by atoms with E-state index in [4.69, 9.17) is 9.15 Å². The number of ether oxygens (including phenoxy) is 1. The van der Waals surface area contributed by atoms with Crippen LogP contribution < -0.4 is 0 Å². The number of nitrogens with zero attached hydrogens (tertiary/aromatic N) is 4. The fourth-order valence-corrected chi connectivity index (χ4v) is 3.18. The molecule has 1 saturated heterocycles. The van der Waals surface area contributed by atoms with Crippen LogP contribution in [0, 0.1) is 6.92 Å². The van der Waals surface area contributed by atoms with Crippen LogP contribution in [-0.2, 0) is 16.1 Å². The lowest BCUT2D eigenvalue weighted by molar-refractivity contribution is -0.140. The Hall–Kier alpha value is -2.67. The molecular weight excluding hydrogens is 320 g/mol. The lowest BCUT2D eigenvalue weighted by Crippen LogP contribution is -2.42. The number of aryl methyl sites for hydroxylation is 2. The van der Waals surface area contributed by atoms with Crippen molar-refractivity contribution in [2.24, 2.45) is 0 Å². The van der Waals surface area contributed by atoms with Gasteiger partial charge in [-0.15, -0.1) is 10.2 Å². The third-order valence-corrected chi connectivity index (χ3v) is 4.48. The molecule has 0 N–H and O–H groups in total. The molecule has 25 heavy (non-hydrogen) atoms. The quantitative estimate of drug-likeness (QED) is 0.729. The first kappa shape index (κ1) is 15.8. The van der Waals surface area contributed by atoms with E-state index in [1.807, 2.05) is 23.2 Å². The summed E-state index contributed by atoms with van der Waals surface area (Å²) in [6.45, 7) is 3.92. The topological polar surface area (TPSA) is 73.4 Å². The molecular formula is C18H20N4O3. The second-order valence-corrected chi connectivity index (χ2v) is 6.18. The van der Waals surface area contributed by atoms with Gasteiger partial charge in [0.05, 0.1) is 13.2 Å². The Morgan fingerprint density at radius 3 is 3.00 bits per heavy atom. The van der Waals surface area contributed by atoms with E-state index in [0.29, 0.717) is 44.4 Å². The predicted octanol–water partition coefficient (Wildman–Crippen LogP) is 2.32. The van der Waals surface area contributed by atoms with Crippen molar-refractivity contribution in [3.8, 4) is 0 Å². The molecule has 7 heteroatoms. The third-order valence-electron chi connectivity index (χ3n) is 4.48. The first-order valence-electron chi connectivity index (χ1n) is 8.44. The minimum Gasteiger partial charge on any atom is -0.423 e. The predicted molar refractivity (Wildman–Crippen MR) is 90.9 cm³/mol. The molecule has 1 fully saturated rings. The molecule has 0 saturated carbocycles. The molecule has 0 spiro atoms. The Labute approximate surface area is 145 Å². The van der Waals surface area contributed by atoms with E-state index in [1.165, 1.54) is 5.39 Å². The Bertz CT molecular complexity index is 885. The van der Waals surface area contributed by atoms with E-state index in [-0.39, 0.29) is 12.0 Å². The number of para-hydroxylation sites is 1. The van der Waals surface area contributed by atoms with Gasteiger partial charge in [-0.3, -0.25) is 4.79 Å². The van der Waals surface area contributed by atoms with Gasteiger partial charge in [-0.1, -0.05) is 18.2 Å². The van der Waals surface area contributed by atoms with Crippen LogP contribution >= 0.6 is 0 Å². The Morgan fingerprint density at radius 1 is 1.28 bits per heavy atom. The highest BCUT2D eigenvalue weighted by molar-refractivity contribution is 5.80. The van der Waals surface area contributed by atoms with Gasteiger partial charge >= 0.3 is 0 Å². The number of benzene rings is 1. The summed E-state index contributed by atoms with van der Waals surface area (Å²) in [6, 6.07) is 10.3. The van der Waals surface area contributed by atoms with Gasteiger partial charge in [-0.25, -0.2) is 0 Å². The van der Waals surface area contributed by atoms with Gasteiger partial charge in [0.1, 0.15) is 0 Å². The highest BCUT2D eigenvalue weighted by atomic mass is 16.5. The normalized spacial score (nSPS) is 18.0. The smallest absolute Gasteiger partial charge is 0.246 e. The third kappa shape index (κ3) is 3.28. The summed E-state index contributed by atoms with van der Waals surface area (Å²) in [5.41, 5.74) is 1.15. The molecule has 1 amide bonds. The van der Waals surface area contributed by atoms with Crippen LogP contribution in [0.2, 0.25) is 0 Å². The second-order valence-electron chi connectivity index (χ2n) is 6.18. The number of morpholine rings is 1. The highest BCUT2D eigenvalue weighted by Gasteiger charge is 2.28. The largest absolute Gasteiger partial charge is 0.423 e. The van der Waals surface area contributed by atoms with Gasteiger partial charge in [0.2, 0.25) is 17.7 Å². The van der Waals surface area contributed by atoms with E-state index < -0.39 is 0 Å². The zero-order valence-electron chi connectivity index (χ0n) is 14.1. The number of carbonyl (C=O) groups is 1. The molecule has 0 bridgehead atoms. The summed E-state index contributed by atoms with van der Waals surface area (Å²) < 4.78 is 13.2. The molecule has 130 valence electrons. The fourth-order valence-electron chi connectivity index (χ4n) is 3.18. The van der Waals surface area contributed by atoms with E-state index in [9.17, 15) is 4.79 Å². The van der Waals surface area contributed by atoms with Crippen LogP contribution in [0.15, 0.2) is 40.9 Å². The molecule has 0 radical (unpaired) electrons. The first-order chi connectivity index (χ1) is 12.2. The number of hydrogen-bond acceptors (Lipinski definition) is 5.